The maximum Gasteiger partial charge on any atom is 0.255 e. The van der Waals surface area contributed by atoms with Gasteiger partial charge < -0.3 is 20.7 Å². The van der Waals surface area contributed by atoms with Crippen molar-refractivity contribution in [3.8, 4) is 0 Å². The number of ether oxygens (including phenoxy) is 1. The molecule has 32 heavy (non-hydrogen) atoms. The lowest BCUT2D eigenvalue weighted by atomic mass is 10.2. The molecule has 1 aromatic heterocycles. The molecule has 0 aliphatic carbocycles. The molecule has 0 spiro atoms. The molecule has 2 heterocycles. The van der Waals surface area contributed by atoms with Crippen LogP contribution < -0.4 is 16.0 Å². The van der Waals surface area contributed by atoms with E-state index in [1.165, 1.54) is 0 Å². The van der Waals surface area contributed by atoms with E-state index in [0.29, 0.717) is 17.2 Å². The number of hydrogen-bond acceptors (Lipinski definition) is 7. The number of hydrogen-bond donors (Lipinski definition) is 3. The van der Waals surface area contributed by atoms with E-state index in [4.69, 9.17) is 4.74 Å². The fourth-order valence-electron chi connectivity index (χ4n) is 3.46. The summed E-state index contributed by atoms with van der Waals surface area (Å²) in [6.07, 6.45) is 2.76. The highest BCUT2D eigenvalue weighted by atomic mass is 16.5. The Morgan fingerprint density at radius 1 is 1.00 bits per heavy atom. The number of morpholine rings is 1. The van der Waals surface area contributed by atoms with E-state index in [1.54, 1.807) is 18.3 Å². The molecule has 3 aromatic rings. The van der Waals surface area contributed by atoms with Gasteiger partial charge in [-0.25, -0.2) is 4.98 Å². The topological polar surface area (TPSA) is 91.4 Å². The molecule has 166 valence electrons. The van der Waals surface area contributed by atoms with E-state index in [0.717, 1.165) is 57.3 Å². The quantitative estimate of drug-likeness (QED) is 0.445. The number of rotatable bonds is 9. The number of benzene rings is 2. The molecule has 8 nitrogen and oxygen atoms in total. The second-order valence-electron chi connectivity index (χ2n) is 7.53. The summed E-state index contributed by atoms with van der Waals surface area (Å²) in [5, 5.41) is 9.48. The van der Waals surface area contributed by atoms with Crippen LogP contribution in [-0.2, 0) is 4.74 Å². The Balaban J connectivity index is 1.29. The zero-order valence-corrected chi connectivity index (χ0v) is 18.0. The Kier molecular flexibility index (Phi) is 7.62. The fourth-order valence-corrected chi connectivity index (χ4v) is 3.46. The molecule has 1 amide bonds. The molecule has 0 saturated carbocycles. The Morgan fingerprint density at radius 3 is 2.66 bits per heavy atom. The van der Waals surface area contributed by atoms with Gasteiger partial charge in [0, 0.05) is 42.8 Å². The fraction of sp³-hybridized carbons (Fsp3) is 0.292. The normalized spacial score (nSPS) is 14.0. The van der Waals surface area contributed by atoms with Crippen LogP contribution in [0.15, 0.2) is 66.9 Å². The predicted octanol–water partition coefficient (Wildman–Crippen LogP) is 3.61. The first kappa shape index (κ1) is 21.7. The van der Waals surface area contributed by atoms with E-state index in [1.807, 2.05) is 48.5 Å². The summed E-state index contributed by atoms with van der Waals surface area (Å²) in [6.45, 7) is 5.55. The molecule has 2 aromatic carbocycles. The van der Waals surface area contributed by atoms with Crippen molar-refractivity contribution >= 4 is 29.0 Å². The average molecular weight is 433 g/mol. The van der Waals surface area contributed by atoms with Gasteiger partial charge in [-0.1, -0.05) is 24.3 Å². The lowest BCUT2D eigenvalue weighted by Gasteiger charge is -2.26. The number of nitrogens with one attached hydrogen (secondary N) is 3. The Hall–Kier alpha value is -3.49. The van der Waals surface area contributed by atoms with Crippen molar-refractivity contribution < 1.29 is 9.53 Å². The molecule has 1 aliphatic rings. The molecule has 1 aliphatic heterocycles. The third-order valence-corrected chi connectivity index (χ3v) is 5.13. The van der Waals surface area contributed by atoms with Gasteiger partial charge in [-0.05, 0) is 49.4 Å². The second kappa shape index (κ2) is 11.2. The van der Waals surface area contributed by atoms with Crippen molar-refractivity contribution in [2.24, 2.45) is 0 Å². The summed E-state index contributed by atoms with van der Waals surface area (Å²) in [5.41, 5.74) is 2.10. The number of aromatic nitrogens is 2. The van der Waals surface area contributed by atoms with Gasteiger partial charge in [-0.2, -0.15) is 4.98 Å². The van der Waals surface area contributed by atoms with Crippen molar-refractivity contribution in [2.45, 2.75) is 6.42 Å². The van der Waals surface area contributed by atoms with Crippen molar-refractivity contribution in [3.63, 3.8) is 0 Å². The summed E-state index contributed by atoms with van der Waals surface area (Å²) in [7, 11) is 0. The molecule has 0 unspecified atom stereocenters. The highest BCUT2D eigenvalue weighted by molar-refractivity contribution is 6.04. The molecule has 0 atom stereocenters. The zero-order chi connectivity index (χ0) is 22.0. The van der Waals surface area contributed by atoms with E-state index in [2.05, 4.69) is 30.8 Å². The molecular formula is C24H28N6O2. The molecule has 1 saturated heterocycles. The summed E-state index contributed by atoms with van der Waals surface area (Å²) < 4.78 is 5.38. The van der Waals surface area contributed by atoms with E-state index in [9.17, 15) is 4.79 Å². The van der Waals surface area contributed by atoms with Crippen molar-refractivity contribution in [1.29, 1.82) is 0 Å². The third kappa shape index (κ3) is 6.50. The van der Waals surface area contributed by atoms with Gasteiger partial charge in [0.1, 0.15) is 5.82 Å². The minimum absolute atomic E-state index is 0.151. The minimum Gasteiger partial charge on any atom is -0.379 e. The summed E-state index contributed by atoms with van der Waals surface area (Å²) >= 11 is 0. The van der Waals surface area contributed by atoms with Crippen LogP contribution in [0.1, 0.15) is 16.8 Å². The Bertz CT molecular complexity index is 1010. The van der Waals surface area contributed by atoms with Gasteiger partial charge in [0.2, 0.25) is 5.95 Å². The molecule has 1 fully saturated rings. The first-order valence-electron chi connectivity index (χ1n) is 10.9. The Morgan fingerprint density at radius 2 is 1.81 bits per heavy atom. The van der Waals surface area contributed by atoms with Crippen LogP contribution in [-0.4, -0.2) is 60.2 Å². The summed E-state index contributed by atoms with van der Waals surface area (Å²) in [5.74, 6) is 1.12. The largest absolute Gasteiger partial charge is 0.379 e. The summed E-state index contributed by atoms with van der Waals surface area (Å²) in [4.78, 5) is 23.6. The lowest BCUT2D eigenvalue weighted by molar-refractivity contribution is 0.0378. The average Bonchev–Trinajstić information content (AvgIpc) is 2.84. The van der Waals surface area contributed by atoms with Gasteiger partial charge in [0.25, 0.3) is 5.91 Å². The van der Waals surface area contributed by atoms with Crippen LogP contribution in [0.2, 0.25) is 0 Å². The molecule has 4 rings (SSSR count). The van der Waals surface area contributed by atoms with Crippen LogP contribution in [0, 0.1) is 0 Å². The first-order chi connectivity index (χ1) is 15.8. The first-order valence-corrected chi connectivity index (χ1v) is 10.9. The van der Waals surface area contributed by atoms with Crippen molar-refractivity contribution in [3.05, 3.63) is 72.4 Å². The molecule has 3 N–H and O–H groups in total. The lowest BCUT2D eigenvalue weighted by Crippen LogP contribution is -2.37. The number of anilines is 4. The Labute approximate surface area is 188 Å². The van der Waals surface area contributed by atoms with Crippen LogP contribution in [0.3, 0.4) is 0 Å². The maximum atomic E-state index is 12.4. The van der Waals surface area contributed by atoms with Crippen molar-refractivity contribution in [1.82, 2.24) is 14.9 Å². The highest BCUT2D eigenvalue weighted by Crippen LogP contribution is 2.19. The van der Waals surface area contributed by atoms with Gasteiger partial charge >= 0.3 is 0 Å². The number of carbonyl (C=O) groups excluding carboxylic acids is 1. The van der Waals surface area contributed by atoms with Crippen LogP contribution in [0.25, 0.3) is 0 Å². The third-order valence-electron chi connectivity index (χ3n) is 5.13. The van der Waals surface area contributed by atoms with Crippen LogP contribution in [0.5, 0.6) is 0 Å². The monoisotopic (exact) mass is 432 g/mol. The molecule has 0 radical (unpaired) electrons. The number of carbonyl (C=O) groups is 1. The molecule has 8 heteroatoms. The standard InChI is InChI=1S/C24H28N6O2/c31-23(19-6-2-1-3-7-19)27-20-8-4-9-21(18-20)28-24-26-12-10-22(29-24)25-11-5-13-30-14-16-32-17-15-30/h1-4,6-10,12,18H,5,11,13-17H2,(H,27,31)(H2,25,26,28,29). The maximum absolute atomic E-state index is 12.4. The van der Waals surface area contributed by atoms with Gasteiger partial charge in [-0.3, -0.25) is 9.69 Å². The van der Waals surface area contributed by atoms with E-state index < -0.39 is 0 Å². The zero-order valence-electron chi connectivity index (χ0n) is 18.0. The van der Waals surface area contributed by atoms with Crippen molar-refractivity contribution in [2.75, 3.05) is 55.3 Å². The summed E-state index contributed by atoms with van der Waals surface area (Å²) in [6, 6.07) is 18.5. The van der Waals surface area contributed by atoms with Gasteiger partial charge in [0.15, 0.2) is 0 Å². The smallest absolute Gasteiger partial charge is 0.255 e. The molecular weight excluding hydrogens is 404 g/mol. The highest BCUT2D eigenvalue weighted by Gasteiger charge is 2.09. The predicted molar refractivity (Wildman–Crippen MR) is 127 cm³/mol. The minimum atomic E-state index is -0.151. The van der Waals surface area contributed by atoms with Crippen LogP contribution in [0.4, 0.5) is 23.1 Å². The van der Waals surface area contributed by atoms with E-state index >= 15 is 0 Å². The molecule has 0 bridgehead atoms. The van der Waals surface area contributed by atoms with Gasteiger partial charge in [-0.15, -0.1) is 0 Å². The number of amides is 1. The van der Waals surface area contributed by atoms with E-state index in [-0.39, 0.29) is 5.91 Å². The van der Waals surface area contributed by atoms with Gasteiger partial charge in [0.05, 0.1) is 13.2 Å². The van der Waals surface area contributed by atoms with Crippen LogP contribution >= 0.6 is 0 Å². The number of nitrogens with zero attached hydrogens (tertiary/aromatic N) is 3. The second-order valence-corrected chi connectivity index (χ2v) is 7.53. The SMILES string of the molecule is O=C(Nc1cccc(Nc2nccc(NCCCN3CCOCC3)n2)c1)c1ccccc1.